The largest absolute Gasteiger partial charge is 0.444 e. The van der Waals surface area contributed by atoms with E-state index in [9.17, 15) is 4.79 Å². The topological polar surface area (TPSA) is 58.4 Å². The Balaban J connectivity index is 0.00000169. The van der Waals surface area contributed by atoms with Gasteiger partial charge in [-0.3, -0.25) is 4.79 Å². The van der Waals surface area contributed by atoms with Crippen molar-refractivity contribution in [2.75, 3.05) is 7.05 Å². The summed E-state index contributed by atoms with van der Waals surface area (Å²) in [6.07, 6.45) is 5.98. The van der Waals surface area contributed by atoms with Crippen molar-refractivity contribution in [3.8, 4) is 11.5 Å². The number of fused-ring (bicyclic) bond motifs is 2. The monoisotopic (exact) mass is 347 g/mol. The minimum Gasteiger partial charge on any atom is -0.444 e. The molecular formula is C18H22ClN3O2. The Bertz CT molecular complexity index is 691. The molecule has 1 aromatic heterocycles. The minimum atomic E-state index is -0.0535. The number of hydrogen-bond donors (Lipinski definition) is 1. The summed E-state index contributed by atoms with van der Waals surface area (Å²) in [7, 11) is 1.88. The van der Waals surface area contributed by atoms with Gasteiger partial charge in [-0.1, -0.05) is 18.2 Å². The van der Waals surface area contributed by atoms with E-state index in [1.54, 1.807) is 0 Å². The first kappa shape index (κ1) is 17.0. The molecule has 0 radical (unpaired) electrons. The van der Waals surface area contributed by atoms with E-state index in [2.05, 4.69) is 10.3 Å². The molecule has 2 fully saturated rings. The molecule has 2 aliphatic heterocycles. The number of hydrogen-bond acceptors (Lipinski definition) is 4. The van der Waals surface area contributed by atoms with Crippen molar-refractivity contribution in [3.63, 3.8) is 0 Å². The fourth-order valence-electron chi connectivity index (χ4n) is 3.78. The van der Waals surface area contributed by atoms with Crippen molar-refractivity contribution < 1.29 is 9.21 Å². The van der Waals surface area contributed by atoms with E-state index in [1.807, 2.05) is 42.3 Å². The second-order valence-electron chi connectivity index (χ2n) is 6.58. The molecule has 24 heavy (non-hydrogen) atoms. The van der Waals surface area contributed by atoms with Crippen molar-refractivity contribution in [1.82, 2.24) is 15.2 Å². The maximum absolute atomic E-state index is 12.7. The number of benzene rings is 1. The molecule has 0 aliphatic carbocycles. The zero-order chi connectivity index (χ0) is 15.8. The number of nitrogens with one attached hydrogen (secondary N) is 1. The molecule has 2 aromatic rings. The highest BCUT2D eigenvalue weighted by molar-refractivity contribution is 5.92. The van der Waals surface area contributed by atoms with Gasteiger partial charge < -0.3 is 14.6 Å². The van der Waals surface area contributed by atoms with E-state index in [4.69, 9.17) is 4.42 Å². The van der Waals surface area contributed by atoms with Gasteiger partial charge in [0.1, 0.15) is 6.26 Å². The Labute approximate surface area is 147 Å². The zero-order valence-electron chi connectivity index (χ0n) is 13.6. The number of carbonyl (C=O) groups excluding carboxylic acids is 1. The van der Waals surface area contributed by atoms with E-state index in [0.29, 0.717) is 23.7 Å². The molecule has 128 valence electrons. The van der Waals surface area contributed by atoms with Crippen LogP contribution in [0, 0.1) is 0 Å². The van der Waals surface area contributed by atoms with Crippen LogP contribution in [0.15, 0.2) is 41.0 Å². The maximum Gasteiger partial charge on any atom is 0.275 e. The predicted octanol–water partition coefficient (Wildman–Crippen LogP) is 3.12. The average Bonchev–Trinajstić information content (AvgIpc) is 3.21. The molecular weight excluding hydrogens is 326 g/mol. The summed E-state index contributed by atoms with van der Waals surface area (Å²) in [5, 5.41) is 3.61. The van der Waals surface area contributed by atoms with Crippen LogP contribution in [-0.2, 0) is 0 Å². The first-order valence-electron chi connectivity index (χ1n) is 8.25. The van der Waals surface area contributed by atoms with Crippen LogP contribution in [0.25, 0.3) is 11.5 Å². The molecule has 2 atom stereocenters. The molecule has 6 heteroatoms. The number of amides is 1. The smallest absolute Gasteiger partial charge is 0.275 e. The summed E-state index contributed by atoms with van der Waals surface area (Å²) >= 11 is 0. The molecule has 2 unspecified atom stereocenters. The van der Waals surface area contributed by atoms with Gasteiger partial charge in [0.05, 0.1) is 0 Å². The minimum absolute atomic E-state index is 0. The molecule has 2 saturated heterocycles. The molecule has 4 rings (SSSR count). The normalized spacial score (nSPS) is 25.1. The summed E-state index contributed by atoms with van der Waals surface area (Å²) in [6.45, 7) is 0. The van der Waals surface area contributed by atoms with Crippen LogP contribution in [0.5, 0.6) is 0 Å². The lowest BCUT2D eigenvalue weighted by molar-refractivity contribution is 0.0676. The van der Waals surface area contributed by atoms with E-state index < -0.39 is 0 Å². The van der Waals surface area contributed by atoms with Gasteiger partial charge in [0.25, 0.3) is 5.91 Å². The van der Waals surface area contributed by atoms with Crippen molar-refractivity contribution in [2.45, 2.75) is 43.8 Å². The predicted molar refractivity (Wildman–Crippen MR) is 94.2 cm³/mol. The third-order valence-corrected chi connectivity index (χ3v) is 5.06. The summed E-state index contributed by atoms with van der Waals surface area (Å²) in [6, 6.07) is 11.1. The standard InChI is InChI=1S/C18H21N3O2.ClH/c1-21(15-9-13-7-8-14(10-15)19-13)18(22)16-11-23-17(20-16)12-5-3-2-4-6-12;/h2-6,11,13-15,19H,7-10H2,1H3;1H. The third-order valence-electron chi connectivity index (χ3n) is 5.06. The number of piperidine rings is 1. The van der Waals surface area contributed by atoms with Gasteiger partial charge in [-0.25, -0.2) is 4.98 Å². The van der Waals surface area contributed by atoms with Crippen molar-refractivity contribution in [1.29, 1.82) is 0 Å². The lowest BCUT2D eigenvalue weighted by Gasteiger charge is -2.35. The van der Waals surface area contributed by atoms with Crippen LogP contribution >= 0.6 is 12.4 Å². The quantitative estimate of drug-likeness (QED) is 0.926. The lowest BCUT2D eigenvalue weighted by atomic mass is 9.98. The van der Waals surface area contributed by atoms with Crippen molar-refractivity contribution >= 4 is 18.3 Å². The SMILES string of the molecule is CN(C(=O)c1coc(-c2ccccc2)n1)C1CC2CCC(C1)N2.Cl. The summed E-state index contributed by atoms with van der Waals surface area (Å²) in [5.41, 5.74) is 1.27. The number of halogens is 1. The van der Waals surface area contributed by atoms with Gasteiger partial charge in [-0.15, -0.1) is 12.4 Å². The Kier molecular flexibility index (Phi) is 4.92. The summed E-state index contributed by atoms with van der Waals surface area (Å²) in [5.74, 6) is 0.440. The maximum atomic E-state index is 12.7. The van der Waals surface area contributed by atoms with Crippen LogP contribution < -0.4 is 5.32 Å². The second kappa shape index (κ2) is 6.95. The Morgan fingerprint density at radius 3 is 2.54 bits per heavy atom. The van der Waals surface area contributed by atoms with Gasteiger partial charge in [0, 0.05) is 30.7 Å². The number of aromatic nitrogens is 1. The highest BCUT2D eigenvalue weighted by Gasteiger charge is 2.37. The molecule has 2 bridgehead atoms. The number of oxazole rings is 1. The van der Waals surface area contributed by atoms with Gasteiger partial charge >= 0.3 is 0 Å². The highest BCUT2D eigenvalue weighted by Crippen LogP contribution is 2.30. The number of nitrogens with zero attached hydrogens (tertiary/aromatic N) is 2. The van der Waals surface area contributed by atoms with Crippen LogP contribution in [0.2, 0.25) is 0 Å². The van der Waals surface area contributed by atoms with Gasteiger partial charge in [0.2, 0.25) is 5.89 Å². The molecule has 0 saturated carbocycles. The van der Waals surface area contributed by atoms with Crippen molar-refractivity contribution in [3.05, 3.63) is 42.3 Å². The van der Waals surface area contributed by atoms with Crippen molar-refractivity contribution in [2.24, 2.45) is 0 Å². The fourth-order valence-corrected chi connectivity index (χ4v) is 3.78. The van der Waals surface area contributed by atoms with Gasteiger partial charge in [-0.2, -0.15) is 0 Å². The molecule has 1 aromatic carbocycles. The van der Waals surface area contributed by atoms with Gasteiger partial charge in [0.15, 0.2) is 5.69 Å². The fraction of sp³-hybridized carbons (Fsp3) is 0.444. The zero-order valence-corrected chi connectivity index (χ0v) is 14.5. The Morgan fingerprint density at radius 2 is 1.88 bits per heavy atom. The molecule has 5 nitrogen and oxygen atoms in total. The van der Waals surface area contributed by atoms with Crippen LogP contribution in [0.4, 0.5) is 0 Å². The van der Waals surface area contributed by atoms with Crippen LogP contribution in [0.1, 0.15) is 36.2 Å². The average molecular weight is 348 g/mol. The van der Waals surface area contributed by atoms with Crippen LogP contribution in [-0.4, -0.2) is 41.0 Å². The third kappa shape index (κ3) is 3.19. The van der Waals surface area contributed by atoms with E-state index in [-0.39, 0.29) is 24.4 Å². The Morgan fingerprint density at radius 1 is 1.21 bits per heavy atom. The number of rotatable bonds is 3. The summed E-state index contributed by atoms with van der Waals surface area (Å²) < 4.78 is 5.49. The molecule has 0 spiro atoms. The molecule has 3 heterocycles. The van der Waals surface area contributed by atoms with Gasteiger partial charge in [-0.05, 0) is 37.8 Å². The first-order chi connectivity index (χ1) is 11.2. The second-order valence-corrected chi connectivity index (χ2v) is 6.58. The molecule has 2 aliphatic rings. The van der Waals surface area contributed by atoms with E-state index in [1.165, 1.54) is 19.1 Å². The van der Waals surface area contributed by atoms with Crippen LogP contribution in [0.3, 0.4) is 0 Å². The summed E-state index contributed by atoms with van der Waals surface area (Å²) in [4.78, 5) is 18.9. The highest BCUT2D eigenvalue weighted by atomic mass is 35.5. The first-order valence-corrected chi connectivity index (χ1v) is 8.25. The Hall–Kier alpha value is -1.85. The van der Waals surface area contributed by atoms with E-state index in [0.717, 1.165) is 18.4 Å². The lowest BCUT2D eigenvalue weighted by Crippen LogP contribution is -2.48. The number of carbonyl (C=O) groups is 1. The van der Waals surface area contributed by atoms with E-state index >= 15 is 0 Å². The molecule has 1 amide bonds. The molecule has 1 N–H and O–H groups in total.